The summed E-state index contributed by atoms with van der Waals surface area (Å²) in [5.74, 6) is 1.09. The van der Waals surface area contributed by atoms with E-state index in [-0.39, 0.29) is 10.8 Å². The van der Waals surface area contributed by atoms with Gasteiger partial charge in [0, 0.05) is 5.56 Å². The Morgan fingerprint density at radius 2 is 1.58 bits per heavy atom. The van der Waals surface area contributed by atoms with Crippen molar-refractivity contribution in [3.05, 3.63) is 28.8 Å². The van der Waals surface area contributed by atoms with Gasteiger partial charge in [-0.15, -0.1) is 0 Å². The van der Waals surface area contributed by atoms with Gasteiger partial charge in [0.15, 0.2) is 0 Å². The Bertz CT molecular complexity index is 436. The van der Waals surface area contributed by atoms with Crippen molar-refractivity contribution in [1.82, 2.24) is 0 Å². The minimum atomic E-state index is 0.149. The second kappa shape index (κ2) is 5.56. The fourth-order valence-electron chi connectivity index (χ4n) is 2.32. The second-order valence-electron chi connectivity index (χ2n) is 7.06. The zero-order valence-electron chi connectivity index (χ0n) is 14.0. The van der Waals surface area contributed by atoms with Crippen molar-refractivity contribution < 1.29 is 4.74 Å². The largest absolute Gasteiger partial charge is 0.496 e. The monoisotopic (exact) mass is 262 g/mol. The standard InChI is InChI=1S/C18H30O/c1-9-13-11-14(17(3,4)5)12-15(16(13)19-8)18(6,7)10-2/h11-12H,9-10H2,1-8H3. The Labute approximate surface area is 119 Å². The highest BCUT2D eigenvalue weighted by Gasteiger charge is 2.27. The molecule has 1 nitrogen and oxygen atoms in total. The summed E-state index contributed by atoms with van der Waals surface area (Å²) >= 11 is 0. The van der Waals surface area contributed by atoms with E-state index in [0.717, 1.165) is 18.6 Å². The second-order valence-corrected chi connectivity index (χ2v) is 7.06. The van der Waals surface area contributed by atoms with Gasteiger partial charge >= 0.3 is 0 Å². The van der Waals surface area contributed by atoms with Gasteiger partial charge in [0.05, 0.1) is 7.11 Å². The molecular formula is C18H30O. The number of methoxy groups -OCH3 is 1. The van der Waals surface area contributed by atoms with Crippen molar-refractivity contribution in [2.75, 3.05) is 7.11 Å². The van der Waals surface area contributed by atoms with Crippen LogP contribution in [0.1, 0.15) is 71.6 Å². The molecule has 108 valence electrons. The molecule has 1 rings (SSSR count). The quantitative estimate of drug-likeness (QED) is 0.720. The minimum absolute atomic E-state index is 0.149. The zero-order chi connectivity index (χ0) is 14.8. The van der Waals surface area contributed by atoms with Crippen LogP contribution in [0.3, 0.4) is 0 Å². The Balaban J connectivity index is 3.58. The van der Waals surface area contributed by atoms with Gasteiger partial charge in [0.2, 0.25) is 0 Å². The van der Waals surface area contributed by atoms with E-state index >= 15 is 0 Å². The summed E-state index contributed by atoms with van der Waals surface area (Å²) < 4.78 is 5.72. The molecule has 0 unspecified atom stereocenters. The fraction of sp³-hybridized carbons (Fsp3) is 0.667. The Hall–Kier alpha value is -0.980. The lowest BCUT2D eigenvalue weighted by molar-refractivity contribution is 0.383. The zero-order valence-corrected chi connectivity index (χ0v) is 14.0. The molecule has 1 aromatic rings. The van der Waals surface area contributed by atoms with E-state index < -0.39 is 0 Å². The molecule has 0 saturated heterocycles. The third kappa shape index (κ3) is 3.32. The predicted octanol–water partition coefficient (Wildman–Crippen LogP) is 5.24. The summed E-state index contributed by atoms with van der Waals surface area (Å²) in [5, 5.41) is 0. The van der Waals surface area contributed by atoms with E-state index in [9.17, 15) is 0 Å². The lowest BCUT2D eigenvalue weighted by atomic mass is 9.76. The first kappa shape index (κ1) is 16.1. The van der Waals surface area contributed by atoms with Crippen molar-refractivity contribution in [1.29, 1.82) is 0 Å². The van der Waals surface area contributed by atoms with Gasteiger partial charge in [0.1, 0.15) is 5.75 Å². The van der Waals surface area contributed by atoms with E-state index in [1.54, 1.807) is 7.11 Å². The van der Waals surface area contributed by atoms with Crippen LogP contribution in [0.15, 0.2) is 12.1 Å². The van der Waals surface area contributed by atoms with Crippen molar-refractivity contribution in [3.63, 3.8) is 0 Å². The maximum Gasteiger partial charge on any atom is 0.125 e. The molecule has 0 bridgehead atoms. The van der Waals surface area contributed by atoms with Gasteiger partial charge in [-0.3, -0.25) is 0 Å². The maximum atomic E-state index is 5.72. The van der Waals surface area contributed by atoms with Crippen molar-refractivity contribution in [2.24, 2.45) is 0 Å². The van der Waals surface area contributed by atoms with Gasteiger partial charge in [-0.2, -0.15) is 0 Å². The number of benzene rings is 1. The molecule has 0 heterocycles. The van der Waals surface area contributed by atoms with Crippen LogP contribution in [-0.2, 0) is 17.3 Å². The molecule has 0 atom stereocenters. The molecule has 0 N–H and O–H groups in total. The average Bonchev–Trinajstić information content (AvgIpc) is 2.35. The molecule has 0 aliphatic carbocycles. The van der Waals surface area contributed by atoms with E-state index in [0.29, 0.717) is 0 Å². The highest BCUT2D eigenvalue weighted by atomic mass is 16.5. The first-order valence-corrected chi connectivity index (χ1v) is 7.39. The van der Waals surface area contributed by atoms with Crippen LogP contribution in [-0.4, -0.2) is 7.11 Å². The van der Waals surface area contributed by atoms with Crippen LogP contribution >= 0.6 is 0 Å². The lowest BCUT2D eigenvalue weighted by Crippen LogP contribution is -2.20. The molecule has 0 spiro atoms. The summed E-state index contributed by atoms with van der Waals surface area (Å²) in [5.41, 5.74) is 4.40. The minimum Gasteiger partial charge on any atom is -0.496 e. The summed E-state index contributed by atoms with van der Waals surface area (Å²) in [6.07, 6.45) is 2.12. The highest BCUT2D eigenvalue weighted by molar-refractivity contribution is 5.49. The highest BCUT2D eigenvalue weighted by Crippen LogP contribution is 2.40. The molecule has 0 amide bonds. The first-order valence-electron chi connectivity index (χ1n) is 7.39. The maximum absolute atomic E-state index is 5.72. The third-order valence-electron chi connectivity index (χ3n) is 4.23. The molecule has 1 aromatic carbocycles. The first-order chi connectivity index (χ1) is 8.67. The molecule has 0 aromatic heterocycles. The molecule has 1 heteroatoms. The summed E-state index contributed by atoms with van der Waals surface area (Å²) in [4.78, 5) is 0. The third-order valence-corrected chi connectivity index (χ3v) is 4.23. The van der Waals surface area contributed by atoms with E-state index in [1.807, 2.05) is 0 Å². The fourth-order valence-corrected chi connectivity index (χ4v) is 2.32. The molecule has 0 radical (unpaired) electrons. The number of ether oxygens (including phenoxy) is 1. The topological polar surface area (TPSA) is 9.23 Å². The Morgan fingerprint density at radius 3 is 1.95 bits per heavy atom. The molecule has 0 aliphatic heterocycles. The molecule has 19 heavy (non-hydrogen) atoms. The predicted molar refractivity (Wildman–Crippen MR) is 84.4 cm³/mol. The molecule has 0 aliphatic rings. The molecular weight excluding hydrogens is 232 g/mol. The van der Waals surface area contributed by atoms with Crippen LogP contribution in [0.2, 0.25) is 0 Å². The summed E-state index contributed by atoms with van der Waals surface area (Å²) in [6, 6.07) is 4.66. The van der Waals surface area contributed by atoms with Crippen LogP contribution < -0.4 is 4.74 Å². The van der Waals surface area contributed by atoms with Crippen LogP contribution in [0, 0.1) is 0 Å². The number of hydrogen-bond acceptors (Lipinski definition) is 1. The summed E-state index contributed by atoms with van der Waals surface area (Å²) in [6.45, 7) is 15.9. The van der Waals surface area contributed by atoms with Crippen LogP contribution in [0.4, 0.5) is 0 Å². The summed E-state index contributed by atoms with van der Waals surface area (Å²) in [7, 11) is 1.79. The van der Waals surface area contributed by atoms with Gasteiger partial charge in [0.25, 0.3) is 0 Å². The van der Waals surface area contributed by atoms with E-state index in [2.05, 4.69) is 60.6 Å². The lowest BCUT2D eigenvalue weighted by Gasteiger charge is -2.30. The van der Waals surface area contributed by atoms with Gasteiger partial charge in [-0.05, 0) is 34.8 Å². The van der Waals surface area contributed by atoms with Crippen molar-refractivity contribution in [2.45, 2.75) is 72.1 Å². The average molecular weight is 262 g/mol. The molecule has 0 fully saturated rings. The number of hydrogen-bond donors (Lipinski definition) is 0. The Morgan fingerprint density at radius 1 is 1.00 bits per heavy atom. The normalized spacial score (nSPS) is 12.6. The number of aryl methyl sites for hydroxylation is 1. The van der Waals surface area contributed by atoms with Gasteiger partial charge in [-0.25, -0.2) is 0 Å². The smallest absolute Gasteiger partial charge is 0.125 e. The van der Waals surface area contributed by atoms with E-state index in [4.69, 9.17) is 4.74 Å². The SMILES string of the molecule is CCc1cc(C(C)(C)C)cc(C(C)(C)CC)c1OC. The van der Waals surface area contributed by atoms with Crippen molar-refractivity contribution >= 4 is 0 Å². The van der Waals surface area contributed by atoms with Gasteiger partial charge in [-0.1, -0.05) is 60.6 Å². The Kier molecular flexibility index (Phi) is 4.71. The van der Waals surface area contributed by atoms with Crippen LogP contribution in [0.25, 0.3) is 0 Å². The van der Waals surface area contributed by atoms with Gasteiger partial charge < -0.3 is 4.74 Å². The van der Waals surface area contributed by atoms with Crippen molar-refractivity contribution in [3.8, 4) is 5.75 Å². The van der Waals surface area contributed by atoms with Crippen LogP contribution in [0.5, 0.6) is 5.75 Å². The number of rotatable bonds is 4. The van der Waals surface area contributed by atoms with E-state index in [1.165, 1.54) is 16.7 Å². The molecule has 0 saturated carbocycles.